The van der Waals surface area contributed by atoms with E-state index < -0.39 is 29.7 Å². The highest BCUT2D eigenvalue weighted by Crippen LogP contribution is 2.38. The lowest BCUT2D eigenvalue weighted by Crippen LogP contribution is -2.38. The number of carbonyl (C=O) groups excluding carboxylic acids is 2. The predicted octanol–water partition coefficient (Wildman–Crippen LogP) is 2.46. The Morgan fingerprint density at radius 1 is 1.40 bits per heavy atom. The quantitative estimate of drug-likeness (QED) is 0.741. The van der Waals surface area contributed by atoms with Gasteiger partial charge in [0.1, 0.15) is 36.9 Å². The fourth-order valence-corrected chi connectivity index (χ4v) is 3.06. The molecule has 30 heavy (non-hydrogen) atoms. The van der Waals surface area contributed by atoms with Gasteiger partial charge in [-0.05, 0) is 20.8 Å². The lowest BCUT2D eigenvalue weighted by molar-refractivity contribution is 0.0496. The predicted molar refractivity (Wildman–Crippen MR) is 107 cm³/mol. The van der Waals surface area contributed by atoms with Gasteiger partial charge in [-0.3, -0.25) is 4.90 Å². The van der Waals surface area contributed by atoms with Crippen molar-refractivity contribution < 1.29 is 33.0 Å². The van der Waals surface area contributed by atoms with E-state index in [1.807, 2.05) is 0 Å². The van der Waals surface area contributed by atoms with Crippen molar-refractivity contribution in [3.05, 3.63) is 17.9 Å². The minimum absolute atomic E-state index is 0.0701. The molecule has 1 unspecified atom stereocenters. The van der Waals surface area contributed by atoms with Crippen LogP contribution >= 0.6 is 0 Å². The summed E-state index contributed by atoms with van der Waals surface area (Å²) in [5, 5.41) is 6.37. The van der Waals surface area contributed by atoms with Crippen molar-refractivity contribution >= 4 is 29.4 Å². The summed E-state index contributed by atoms with van der Waals surface area (Å²) in [7, 11) is 3.04. The highest BCUT2D eigenvalue weighted by molar-refractivity contribution is 6.02. The molecule has 3 rings (SSSR count). The summed E-state index contributed by atoms with van der Waals surface area (Å²) in [4.78, 5) is 31.6. The van der Waals surface area contributed by atoms with Crippen molar-refractivity contribution in [2.75, 3.05) is 43.7 Å². The largest absolute Gasteiger partial charge is 0.483 e. The molecule has 0 saturated carbocycles. The van der Waals surface area contributed by atoms with Crippen LogP contribution in [0, 0.1) is 5.82 Å². The third-order valence-electron chi connectivity index (χ3n) is 4.35. The molecule has 0 spiro atoms. The van der Waals surface area contributed by atoms with E-state index >= 15 is 0 Å². The summed E-state index contributed by atoms with van der Waals surface area (Å²) < 4.78 is 30.8. The molecule has 0 aliphatic carbocycles. The molecule has 0 aromatic heterocycles. The number of anilines is 2. The van der Waals surface area contributed by atoms with Crippen LogP contribution in [0.3, 0.4) is 0 Å². The van der Waals surface area contributed by atoms with Gasteiger partial charge in [-0.2, -0.15) is 0 Å². The average molecular weight is 424 g/mol. The van der Waals surface area contributed by atoms with Crippen molar-refractivity contribution in [3.8, 4) is 5.75 Å². The van der Waals surface area contributed by atoms with Gasteiger partial charge in [-0.25, -0.2) is 14.0 Å². The third kappa shape index (κ3) is 4.66. The molecule has 1 aromatic rings. The molecule has 1 saturated heterocycles. The minimum Gasteiger partial charge on any atom is -0.483 e. The Balaban J connectivity index is 1.70. The molecule has 2 aliphatic rings. The Bertz CT molecular complexity index is 869. The van der Waals surface area contributed by atoms with Gasteiger partial charge in [-0.15, -0.1) is 0 Å². The van der Waals surface area contributed by atoms with Crippen molar-refractivity contribution in [1.29, 1.82) is 0 Å². The third-order valence-corrected chi connectivity index (χ3v) is 4.35. The van der Waals surface area contributed by atoms with Crippen LogP contribution in [0.25, 0.3) is 0 Å². The van der Waals surface area contributed by atoms with Crippen molar-refractivity contribution in [1.82, 2.24) is 5.32 Å². The van der Waals surface area contributed by atoms with Gasteiger partial charge in [0.2, 0.25) is 0 Å². The highest BCUT2D eigenvalue weighted by Gasteiger charge is 2.35. The number of likely N-dealkylation sites (N-methyl/N-ethyl adjacent to an activating group) is 1. The second-order valence-electron chi connectivity index (χ2n) is 7.81. The number of oxime groups is 1. The standard InChI is InChI=1S/C19H25FN4O6/c1-19(2,3)30-17(25)21-8-12-9-24(18(26)29-12)11-6-13(20)16-14(7-11)28-10-15(22-27-5)23(16)4/h6-7,12H,8-10H2,1-5H3,(H,21,25). The molecule has 2 heterocycles. The smallest absolute Gasteiger partial charge is 0.414 e. The maximum Gasteiger partial charge on any atom is 0.414 e. The van der Waals surface area contributed by atoms with Gasteiger partial charge >= 0.3 is 12.2 Å². The normalized spacial score (nSPS) is 19.9. The van der Waals surface area contributed by atoms with Gasteiger partial charge in [0.25, 0.3) is 0 Å². The van der Waals surface area contributed by atoms with Crippen molar-refractivity contribution in [2.45, 2.75) is 32.5 Å². The number of amides is 2. The van der Waals surface area contributed by atoms with E-state index in [4.69, 9.17) is 19.0 Å². The first-order valence-corrected chi connectivity index (χ1v) is 9.34. The van der Waals surface area contributed by atoms with Crippen LogP contribution in [0.1, 0.15) is 20.8 Å². The van der Waals surface area contributed by atoms with E-state index in [1.54, 1.807) is 33.9 Å². The fourth-order valence-electron chi connectivity index (χ4n) is 3.06. The maximum atomic E-state index is 14.8. The molecule has 2 aliphatic heterocycles. The fraction of sp³-hybridized carbons (Fsp3) is 0.526. The minimum atomic E-state index is -0.642. The van der Waals surface area contributed by atoms with E-state index in [2.05, 4.69) is 10.5 Å². The van der Waals surface area contributed by atoms with Gasteiger partial charge in [-0.1, -0.05) is 5.16 Å². The Labute approximate surface area is 173 Å². The average Bonchev–Trinajstić information content (AvgIpc) is 3.01. The molecule has 0 radical (unpaired) electrons. The van der Waals surface area contributed by atoms with Gasteiger partial charge in [0.15, 0.2) is 11.7 Å². The van der Waals surface area contributed by atoms with Crippen LogP contribution in [0.15, 0.2) is 17.3 Å². The Hall–Kier alpha value is -3.24. The molecule has 1 N–H and O–H groups in total. The molecule has 11 heteroatoms. The Kier molecular flexibility index (Phi) is 5.90. The molecular weight excluding hydrogens is 399 g/mol. The molecule has 1 atom stereocenters. The number of fused-ring (bicyclic) bond motifs is 1. The summed E-state index contributed by atoms with van der Waals surface area (Å²) in [6.07, 6.45) is -1.86. The summed E-state index contributed by atoms with van der Waals surface area (Å²) in [6, 6.07) is 2.78. The van der Waals surface area contributed by atoms with Crippen LogP contribution in [0.2, 0.25) is 0 Å². The van der Waals surface area contributed by atoms with E-state index in [1.165, 1.54) is 23.0 Å². The van der Waals surface area contributed by atoms with E-state index in [0.717, 1.165) is 0 Å². The van der Waals surface area contributed by atoms with E-state index in [-0.39, 0.29) is 36.8 Å². The number of nitrogens with one attached hydrogen (secondary N) is 1. The number of cyclic esters (lactones) is 1. The van der Waals surface area contributed by atoms with Crippen LogP contribution < -0.4 is 19.9 Å². The molecule has 164 valence electrons. The van der Waals surface area contributed by atoms with Crippen molar-refractivity contribution in [2.24, 2.45) is 5.16 Å². The molecule has 1 fully saturated rings. The number of hydrogen-bond donors (Lipinski definition) is 1. The lowest BCUT2D eigenvalue weighted by Gasteiger charge is -2.29. The number of ether oxygens (including phenoxy) is 3. The van der Waals surface area contributed by atoms with Crippen LogP contribution in [-0.2, 0) is 14.3 Å². The van der Waals surface area contributed by atoms with Crippen LogP contribution in [-0.4, -0.2) is 63.6 Å². The number of amidine groups is 1. The number of nitrogens with zero attached hydrogens (tertiary/aromatic N) is 3. The summed E-state index contributed by atoms with van der Waals surface area (Å²) in [5.74, 6) is 0.0906. The van der Waals surface area contributed by atoms with Crippen LogP contribution in [0.5, 0.6) is 5.75 Å². The molecule has 1 aromatic carbocycles. The van der Waals surface area contributed by atoms with Gasteiger partial charge in [0, 0.05) is 19.2 Å². The first-order chi connectivity index (χ1) is 14.1. The molecular formula is C19H25FN4O6. The van der Waals surface area contributed by atoms with Gasteiger partial charge in [0.05, 0.1) is 18.8 Å². The van der Waals surface area contributed by atoms with E-state index in [0.29, 0.717) is 5.84 Å². The van der Waals surface area contributed by atoms with E-state index in [9.17, 15) is 14.0 Å². The molecule has 10 nitrogen and oxygen atoms in total. The topological polar surface area (TPSA) is 102 Å². The molecule has 2 amide bonds. The molecule has 0 bridgehead atoms. The number of alkyl carbamates (subject to hydrolysis) is 1. The zero-order chi connectivity index (χ0) is 22.1. The first kappa shape index (κ1) is 21.5. The summed E-state index contributed by atoms with van der Waals surface area (Å²) in [5.41, 5.74) is -0.155. The zero-order valence-electron chi connectivity index (χ0n) is 17.5. The SMILES string of the molecule is CON=C1COc2cc(N3CC(CNC(=O)OC(C)(C)C)OC3=O)cc(F)c2N1C. The number of benzene rings is 1. The summed E-state index contributed by atoms with van der Waals surface area (Å²) in [6.45, 7) is 5.54. The number of hydrogen-bond acceptors (Lipinski definition) is 7. The second kappa shape index (κ2) is 8.25. The monoisotopic (exact) mass is 424 g/mol. The van der Waals surface area contributed by atoms with Gasteiger partial charge < -0.3 is 29.3 Å². The maximum absolute atomic E-state index is 14.8. The first-order valence-electron chi connectivity index (χ1n) is 9.34. The zero-order valence-corrected chi connectivity index (χ0v) is 17.5. The second-order valence-corrected chi connectivity index (χ2v) is 7.81. The van der Waals surface area contributed by atoms with Crippen LogP contribution in [0.4, 0.5) is 25.4 Å². The summed E-state index contributed by atoms with van der Waals surface area (Å²) >= 11 is 0. The Morgan fingerprint density at radius 3 is 2.80 bits per heavy atom. The Morgan fingerprint density at radius 2 is 2.13 bits per heavy atom. The number of carbonyl (C=O) groups is 2. The number of rotatable bonds is 4. The highest BCUT2D eigenvalue weighted by atomic mass is 19.1. The number of halogens is 1. The van der Waals surface area contributed by atoms with Crippen molar-refractivity contribution in [3.63, 3.8) is 0 Å². The lowest BCUT2D eigenvalue weighted by atomic mass is 10.2.